The second-order valence-corrected chi connectivity index (χ2v) is 5.10. The topological polar surface area (TPSA) is 66.9 Å². The number of nitrogens with two attached hydrogens (primary N) is 1. The molecule has 84 valence electrons. The molecule has 0 aliphatic heterocycles. The standard InChI is InChI=1S/C12H8N2OS2/c13-6-8-9(14)11(17-12(8)16)10(15)7-4-2-1-3-5-7/h1-5,16H,14H2. The van der Waals surface area contributed by atoms with E-state index in [1.807, 2.05) is 12.1 Å². The number of thiophene rings is 1. The van der Waals surface area contributed by atoms with Crippen LogP contribution in [0.1, 0.15) is 20.8 Å². The zero-order valence-electron chi connectivity index (χ0n) is 8.68. The van der Waals surface area contributed by atoms with Crippen LogP contribution in [0.25, 0.3) is 0 Å². The molecule has 0 bridgehead atoms. The van der Waals surface area contributed by atoms with E-state index in [9.17, 15) is 4.79 Å². The molecule has 1 heterocycles. The van der Waals surface area contributed by atoms with Crippen molar-refractivity contribution in [1.29, 1.82) is 5.26 Å². The van der Waals surface area contributed by atoms with Gasteiger partial charge in [-0.3, -0.25) is 4.79 Å². The minimum Gasteiger partial charge on any atom is -0.396 e. The van der Waals surface area contributed by atoms with Crippen LogP contribution < -0.4 is 5.73 Å². The largest absolute Gasteiger partial charge is 0.396 e. The fourth-order valence-corrected chi connectivity index (χ4v) is 2.75. The molecule has 0 spiro atoms. The van der Waals surface area contributed by atoms with E-state index in [1.54, 1.807) is 24.3 Å². The molecule has 0 aliphatic rings. The van der Waals surface area contributed by atoms with Crippen LogP contribution in [0.4, 0.5) is 5.69 Å². The van der Waals surface area contributed by atoms with Gasteiger partial charge in [0.25, 0.3) is 0 Å². The number of nitriles is 1. The number of hydrogen-bond acceptors (Lipinski definition) is 5. The molecule has 0 atom stereocenters. The second-order valence-electron chi connectivity index (χ2n) is 3.33. The van der Waals surface area contributed by atoms with E-state index in [2.05, 4.69) is 12.6 Å². The van der Waals surface area contributed by atoms with E-state index in [1.165, 1.54) is 0 Å². The van der Waals surface area contributed by atoms with Crippen LogP contribution in [0.3, 0.4) is 0 Å². The summed E-state index contributed by atoms with van der Waals surface area (Å²) in [7, 11) is 0. The Bertz CT molecular complexity index is 611. The molecule has 0 fully saturated rings. The number of carbonyl (C=O) groups is 1. The number of thiol groups is 1. The lowest BCUT2D eigenvalue weighted by atomic mass is 10.1. The first-order valence-electron chi connectivity index (χ1n) is 4.76. The first-order valence-corrected chi connectivity index (χ1v) is 6.02. The zero-order chi connectivity index (χ0) is 12.4. The number of nitrogens with zero attached hydrogens (tertiary/aromatic N) is 1. The number of rotatable bonds is 2. The van der Waals surface area contributed by atoms with Gasteiger partial charge in [-0.25, -0.2) is 0 Å². The average molecular weight is 260 g/mol. The molecule has 3 nitrogen and oxygen atoms in total. The van der Waals surface area contributed by atoms with Crippen molar-refractivity contribution in [2.24, 2.45) is 0 Å². The molecule has 0 saturated heterocycles. The minimum atomic E-state index is -0.176. The van der Waals surface area contributed by atoms with Gasteiger partial charge < -0.3 is 5.73 Å². The highest BCUT2D eigenvalue weighted by Gasteiger charge is 2.20. The fraction of sp³-hybridized carbons (Fsp3) is 0. The number of benzene rings is 1. The molecule has 2 rings (SSSR count). The quantitative estimate of drug-likeness (QED) is 0.644. The number of ketones is 1. The lowest BCUT2D eigenvalue weighted by Gasteiger charge is -1.98. The summed E-state index contributed by atoms with van der Waals surface area (Å²) in [6.07, 6.45) is 0. The Hall–Kier alpha value is -1.77. The van der Waals surface area contributed by atoms with Gasteiger partial charge in [0, 0.05) is 5.56 Å². The summed E-state index contributed by atoms with van der Waals surface area (Å²) in [4.78, 5) is 12.5. The van der Waals surface area contributed by atoms with Gasteiger partial charge in [0.2, 0.25) is 5.78 Å². The summed E-state index contributed by atoms with van der Waals surface area (Å²) < 4.78 is 0.476. The first kappa shape index (κ1) is 11.7. The molecule has 5 heteroatoms. The third-order valence-corrected chi connectivity index (χ3v) is 3.78. The van der Waals surface area contributed by atoms with Gasteiger partial charge in [0.05, 0.1) is 15.5 Å². The maximum absolute atomic E-state index is 12.1. The average Bonchev–Trinajstić information content (AvgIpc) is 2.64. The maximum Gasteiger partial charge on any atom is 0.205 e. The predicted molar refractivity (Wildman–Crippen MR) is 70.6 cm³/mol. The summed E-state index contributed by atoms with van der Waals surface area (Å²) in [6.45, 7) is 0. The molecule has 2 aromatic rings. The van der Waals surface area contributed by atoms with Gasteiger partial charge in [-0.1, -0.05) is 30.3 Å². The Morgan fingerprint density at radius 1 is 1.35 bits per heavy atom. The smallest absolute Gasteiger partial charge is 0.205 e. The van der Waals surface area contributed by atoms with Crippen LogP contribution in [-0.2, 0) is 0 Å². The van der Waals surface area contributed by atoms with E-state index in [-0.39, 0.29) is 17.0 Å². The van der Waals surface area contributed by atoms with E-state index in [0.29, 0.717) is 14.6 Å². The van der Waals surface area contributed by atoms with Gasteiger partial charge in [-0.05, 0) is 0 Å². The minimum absolute atomic E-state index is 0.176. The van der Waals surface area contributed by atoms with Crippen molar-refractivity contribution < 1.29 is 4.79 Å². The summed E-state index contributed by atoms with van der Waals surface area (Å²) in [6, 6.07) is 10.8. The number of hydrogen-bond donors (Lipinski definition) is 2. The van der Waals surface area contributed by atoms with Crippen molar-refractivity contribution in [3.63, 3.8) is 0 Å². The Morgan fingerprint density at radius 2 is 2.00 bits per heavy atom. The van der Waals surface area contributed by atoms with Gasteiger partial charge in [-0.2, -0.15) is 5.26 Å². The summed E-state index contributed by atoms with van der Waals surface area (Å²) in [5, 5.41) is 8.88. The molecule has 2 N–H and O–H groups in total. The highest BCUT2D eigenvalue weighted by molar-refractivity contribution is 7.83. The third-order valence-electron chi connectivity index (χ3n) is 2.28. The van der Waals surface area contributed by atoms with Crippen LogP contribution in [0.5, 0.6) is 0 Å². The van der Waals surface area contributed by atoms with E-state index in [4.69, 9.17) is 11.0 Å². The SMILES string of the molecule is N#Cc1c(S)sc(C(=O)c2ccccc2)c1N. The first-order chi connectivity index (χ1) is 8.15. The highest BCUT2D eigenvalue weighted by atomic mass is 32.2. The zero-order valence-corrected chi connectivity index (χ0v) is 10.4. The number of nitrogen functional groups attached to an aromatic ring is 1. The Balaban J connectivity index is 2.50. The molecule has 1 aromatic carbocycles. The number of carbonyl (C=O) groups excluding carboxylic acids is 1. The van der Waals surface area contributed by atoms with Crippen molar-refractivity contribution in [3.05, 3.63) is 46.3 Å². The van der Waals surface area contributed by atoms with E-state index in [0.717, 1.165) is 11.3 Å². The van der Waals surface area contributed by atoms with E-state index < -0.39 is 0 Å². The monoisotopic (exact) mass is 260 g/mol. The normalized spacial score (nSPS) is 9.88. The molecule has 0 aliphatic carbocycles. The summed E-state index contributed by atoms with van der Waals surface area (Å²) in [5.41, 5.74) is 6.82. The third kappa shape index (κ3) is 2.05. The van der Waals surface area contributed by atoms with Crippen molar-refractivity contribution in [3.8, 4) is 6.07 Å². The van der Waals surface area contributed by atoms with Gasteiger partial charge in [0.1, 0.15) is 10.9 Å². The molecule has 0 saturated carbocycles. The summed E-state index contributed by atoms with van der Waals surface area (Å²) in [5.74, 6) is -0.176. The molecule has 0 radical (unpaired) electrons. The van der Waals surface area contributed by atoms with E-state index >= 15 is 0 Å². The van der Waals surface area contributed by atoms with Crippen molar-refractivity contribution in [2.45, 2.75) is 4.21 Å². The molecule has 0 amide bonds. The van der Waals surface area contributed by atoms with Crippen LogP contribution in [0.15, 0.2) is 34.5 Å². The molecule has 1 aromatic heterocycles. The molecular weight excluding hydrogens is 252 g/mol. The van der Waals surface area contributed by atoms with Gasteiger partial charge in [-0.15, -0.1) is 24.0 Å². The van der Waals surface area contributed by atoms with Crippen LogP contribution in [0, 0.1) is 11.3 Å². The van der Waals surface area contributed by atoms with Crippen molar-refractivity contribution >= 4 is 35.4 Å². The van der Waals surface area contributed by atoms with Crippen LogP contribution >= 0.6 is 24.0 Å². The molecule has 17 heavy (non-hydrogen) atoms. The Morgan fingerprint density at radius 3 is 2.53 bits per heavy atom. The fourth-order valence-electron chi connectivity index (χ4n) is 1.43. The molecular formula is C12H8N2OS2. The van der Waals surface area contributed by atoms with Crippen molar-refractivity contribution in [1.82, 2.24) is 0 Å². The lowest BCUT2D eigenvalue weighted by Crippen LogP contribution is -2.02. The lowest BCUT2D eigenvalue weighted by molar-refractivity contribution is 0.104. The number of anilines is 1. The molecule has 0 unspecified atom stereocenters. The maximum atomic E-state index is 12.1. The van der Waals surface area contributed by atoms with Gasteiger partial charge >= 0.3 is 0 Å². The van der Waals surface area contributed by atoms with Crippen LogP contribution in [0.2, 0.25) is 0 Å². The Labute approximate surface area is 108 Å². The van der Waals surface area contributed by atoms with Gasteiger partial charge in [0.15, 0.2) is 0 Å². The Kier molecular flexibility index (Phi) is 3.18. The van der Waals surface area contributed by atoms with Crippen molar-refractivity contribution in [2.75, 3.05) is 5.73 Å². The predicted octanol–water partition coefficient (Wildman–Crippen LogP) is 2.72. The highest BCUT2D eigenvalue weighted by Crippen LogP contribution is 2.34. The second kappa shape index (κ2) is 4.62. The summed E-state index contributed by atoms with van der Waals surface area (Å²) >= 11 is 5.27. The van der Waals surface area contributed by atoms with Crippen LogP contribution in [-0.4, -0.2) is 5.78 Å².